The predicted octanol–water partition coefficient (Wildman–Crippen LogP) is 2.03. The largest absolute Gasteiger partial charge is 0.366 e. The van der Waals surface area contributed by atoms with Crippen molar-refractivity contribution < 1.29 is 4.52 Å². The molecule has 2 N–H and O–H groups in total. The van der Waals surface area contributed by atoms with Gasteiger partial charge in [0.2, 0.25) is 5.88 Å². The van der Waals surface area contributed by atoms with Gasteiger partial charge in [0.05, 0.1) is 0 Å². The van der Waals surface area contributed by atoms with E-state index in [9.17, 15) is 0 Å². The smallest absolute Gasteiger partial charge is 0.241 e. The van der Waals surface area contributed by atoms with Gasteiger partial charge in [-0.05, 0) is 0 Å². The minimum absolute atomic E-state index is 0.199. The van der Waals surface area contributed by atoms with Crippen LogP contribution in [0.15, 0.2) is 4.52 Å². The van der Waals surface area contributed by atoms with Crippen LogP contribution in [0.2, 0.25) is 5.02 Å². The molecule has 1 heterocycles. The molecule has 10 heavy (non-hydrogen) atoms. The molecule has 56 valence electrons. The molecule has 4 heteroatoms. The molecule has 0 unspecified atom stereocenters. The number of aromatic nitrogens is 1. The van der Waals surface area contributed by atoms with Crippen molar-refractivity contribution >= 4 is 17.5 Å². The monoisotopic (exact) mass is 160 g/mol. The Kier molecular flexibility index (Phi) is 1.85. The lowest BCUT2D eigenvalue weighted by Gasteiger charge is -1.95. The Balaban J connectivity index is 3.05. The van der Waals surface area contributed by atoms with Crippen LogP contribution in [0.3, 0.4) is 0 Å². The maximum atomic E-state index is 5.72. The summed E-state index contributed by atoms with van der Waals surface area (Å²) in [6, 6.07) is 0. The number of halogens is 1. The van der Waals surface area contributed by atoms with Crippen LogP contribution in [-0.2, 0) is 0 Å². The summed E-state index contributed by atoms with van der Waals surface area (Å²) >= 11 is 5.72. The first kappa shape index (κ1) is 7.41. The average molecular weight is 161 g/mol. The van der Waals surface area contributed by atoms with E-state index in [2.05, 4.69) is 9.68 Å². The Morgan fingerprint density at radius 1 is 1.60 bits per heavy atom. The van der Waals surface area contributed by atoms with E-state index in [4.69, 9.17) is 17.3 Å². The highest BCUT2D eigenvalue weighted by Crippen LogP contribution is 2.27. The van der Waals surface area contributed by atoms with Crippen molar-refractivity contribution in [1.82, 2.24) is 5.16 Å². The molecule has 0 fully saturated rings. The van der Waals surface area contributed by atoms with Crippen molar-refractivity contribution in [3.63, 3.8) is 0 Å². The molecule has 1 aromatic heterocycles. The van der Waals surface area contributed by atoms with Gasteiger partial charge >= 0.3 is 0 Å². The summed E-state index contributed by atoms with van der Waals surface area (Å²) in [5.41, 5.74) is 6.04. The molecule has 0 radical (unpaired) electrons. The topological polar surface area (TPSA) is 52.0 Å². The summed E-state index contributed by atoms with van der Waals surface area (Å²) in [5, 5.41) is 4.12. The highest BCUT2D eigenvalue weighted by molar-refractivity contribution is 6.33. The van der Waals surface area contributed by atoms with Gasteiger partial charge in [-0.2, -0.15) is 0 Å². The van der Waals surface area contributed by atoms with E-state index in [-0.39, 0.29) is 11.8 Å². The van der Waals surface area contributed by atoms with Crippen LogP contribution in [0.1, 0.15) is 25.5 Å². The van der Waals surface area contributed by atoms with E-state index in [0.29, 0.717) is 5.02 Å². The minimum atomic E-state index is 0.199. The second-order valence-corrected chi connectivity index (χ2v) is 2.78. The minimum Gasteiger partial charge on any atom is -0.366 e. The zero-order valence-corrected chi connectivity index (χ0v) is 6.64. The Morgan fingerprint density at radius 3 is 2.40 bits per heavy atom. The molecule has 0 aliphatic heterocycles. The highest BCUT2D eigenvalue weighted by Gasteiger charge is 2.13. The van der Waals surface area contributed by atoms with Gasteiger partial charge in [-0.25, -0.2) is 0 Å². The number of rotatable bonds is 1. The third kappa shape index (κ3) is 1.09. The summed E-state index contributed by atoms with van der Waals surface area (Å²) in [6.07, 6.45) is 0. The van der Waals surface area contributed by atoms with Gasteiger partial charge in [0.15, 0.2) is 0 Å². The van der Waals surface area contributed by atoms with E-state index in [1.807, 2.05) is 13.8 Å². The van der Waals surface area contributed by atoms with Crippen LogP contribution in [0.4, 0.5) is 5.88 Å². The normalized spacial score (nSPS) is 10.8. The molecule has 1 aromatic rings. The zero-order valence-electron chi connectivity index (χ0n) is 5.89. The van der Waals surface area contributed by atoms with Crippen LogP contribution in [0.25, 0.3) is 0 Å². The third-order valence-electron chi connectivity index (χ3n) is 1.23. The molecule has 0 aromatic carbocycles. The van der Waals surface area contributed by atoms with Gasteiger partial charge < -0.3 is 10.3 Å². The van der Waals surface area contributed by atoms with Crippen LogP contribution in [0, 0.1) is 0 Å². The molecule has 0 saturated heterocycles. The van der Waals surface area contributed by atoms with Crippen LogP contribution in [0.5, 0.6) is 0 Å². The fourth-order valence-electron chi connectivity index (χ4n) is 0.664. The molecular weight excluding hydrogens is 152 g/mol. The van der Waals surface area contributed by atoms with Gasteiger partial charge in [0.1, 0.15) is 10.7 Å². The fraction of sp³-hybridized carbons (Fsp3) is 0.500. The van der Waals surface area contributed by atoms with Crippen LogP contribution in [-0.4, -0.2) is 5.16 Å². The van der Waals surface area contributed by atoms with E-state index in [1.165, 1.54) is 0 Å². The second-order valence-electron chi connectivity index (χ2n) is 2.40. The quantitative estimate of drug-likeness (QED) is 0.684. The Hall–Kier alpha value is -0.700. The Bertz CT molecular complexity index is 232. The van der Waals surface area contributed by atoms with Crippen molar-refractivity contribution in [3.8, 4) is 0 Å². The van der Waals surface area contributed by atoms with Gasteiger partial charge in [-0.3, -0.25) is 0 Å². The lowest BCUT2D eigenvalue weighted by atomic mass is 10.1. The van der Waals surface area contributed by atoms with Crippen molar-refractivity contribution in [1.29, 1.82) is 0 Å². The van der Waals surface area contributed by atoms with E-state index in [1.54, 1.807) is 0 Å². The molecule has 1 rings (SSSR count). The molecule has 0 saturated carbocycles. The molecular formula is C6H9ClN2O. The second kappa shape index (κ2) is 2.50. The molecule has 0 aliphatic rings. The fourth-order valence-corrected chi connectivity index (χ4v) is 0.951. The third-order valence-corrected chi connectivity index (χ3v) is 1.61. The average Bonchev–Trinajstić information content (AvgIpc) is 2.14. The summed E-state index contributed by atoms with van der Waals surface area (Å²) < 4.78 is 4.65. The SMILES string of the molecule is CC(C)c1noc(N)c1Cl. The summed E-state index contributed by atoms with van der Waals surface area (Å²) in [4.78, 5) is 0. The molecule has 3 nitrogen and oxygen atoms in total. The number of nitrogens with two attached hydrogens (primary N) is 1. The number of anilines is 1. The number of nitrogens with zero attached hydrogens (tertiary/aromatic N) is 1. The van der Waals surface area contributed by atoms with Crippen molar-refractivity contribution in [2.24, 2.45) is 0 Å². The molecule has 0 bridgehead atoms. The number of hydrogen-bond donors (Lipinski definition) is 1. The van der Waals surface area contributed by atoms with Crippen molar-refractivity contribution in [3.05, 3.63) is 10.7 Å². The van der Waals surface area contributed by atoms with E-state index < -0.39 is 0 Å². The van der Waals surface area contributed by atoms with Crippen LogP contribution >= 0.6 is 11.6 Å². The first-order valence-electron chi connectivity index (χ1n) is 3.03. The van der Waals surface area contributed by atoms with Crippen molar-refractivity contribution in [2.75, 3.05) is 5.73 Å². The first-order valence-corrected chi connectivity index (χ1v) is 3.41. The van der Waals surface area contributed by atoms with E-state index >= 15 is 0 Å². The molecule has 0 aliphatic carbocycles. The summed E-state index contributed by atoms with van der Waals surface area (Å²) in [6.45, 7) is 3.95. The lowest BCUT2D eigenvalue weighted by Crippen LogP contribution is -1.87. The molecule has 0 amide bonds. The summed E-state index contributed by atoms with van der Waals surface area (Å²) in [7, 11) is 0. The van der Waals surface area contributed by atoms with Gasteiger partial charge in [-0.15, -0.1) is 0 Å². The Morgan fingerprint density at radius 2 is 2.20 bits per heavy atom. The van der Waals surface area contributed by atoms with Crippen LogP contribution < -0.4 is 5.73 Å². The molecule has 0 atom stereocenters. The maximum absolute atomic E-state index is 5.72. The van der Waals surface area contributed by atoms with Crippen molar-refractivity contribution in [2.45, 2.75) is 19.8 Å². The zero-order chi connectivity index (χ0) is 7.72. The maximum Gasteiger partial charge on any atom is 0.241 e. The standard InChI is InChI=1S/C6H9ClN2O/c1-3(2)5-4(7)6(8)10-9-5/h3H,8H2,1-2H3. The predicted molar refractivity (Wildman–Crippen MR) is 40.0 cm³/mol. The number of nitrogen functional groups attached to an aromatic ring is 1. The highest BCUT2D eigenvalue weighted by atomic mass is 35.5. The lowest BCUT2D eigenvalue weighted by molar-refractivity contribution is 0.424. The number of hydrogen-bond acceptors (Lipinski definition) is 3. The van der Waals surface area contributed by atoms with Gasteiger partial charge in [0.25, 0.3) is 0 Å². The van der Waals surface area contributed by atoms with Gasteiger partial charge in [-0.1, -0.05) is 30.6 Å². The van der Waals surface area contributed by atoms with E-state index in [0.717, 1.165) is 5.69 Å². The first-order chi connectivity index (χ1) is 4.63. The molecule has 0 spiro atoms. The summed E-state index contributed by atoms with van der Waals surface area (Å²) in [5.74, 6) is 0.457. The Labute approximate surface area is 64.1 Å². The van der Waals surface area contributed by atoms with Gasteiger partial charge in [0, 0.05) is 5.92 Å².